The third-order valence-corrected chi connectivity index (χ3v) is 5.57. The summed E-state index contributed by atoms with van der Waals surface area (Å²) in [5, 5.41) is 1.15. The number of fused-ring (bicyclic) bond motifs is 1. The number of hydrogen-bond donors (Lipinski definition) is 0. The Morgan fingerprint density at radius 1 is 1.08 bits per heavy atom. The van der Waals surface area contributed by atoms with Gasteiger partial charge in [0.1, 0.15) is 12.4 Å². The van der Waals surface area contributed by atoms with E-state index in [1.165, 1.54) is 11.1 Å². The van der Waals surface area contributed by atoms with E-state index in [-0.39, 0.29) is 0 Å². The van der Waals surface area contributed by atoms with E-state index in [9.17, 15) is 0 Å². The quantitative estimate of drug-likeness (QED) is 0.480. The topological polar surface area (TPSA) is 17.4 Å². The minimum Gasteiger partial charge on any atom is -0.490 e. The van der Waals surface area contributed by atoms with Gasteiger partial charge in [-0.05, 0) is 50.8 Å². The number of rotatable bonds is 6. The van der Waals surface area contributed by atoms with Crippen LogP contribution in [-0.2, 0) is 6.54 Å². The highest BCUT2D eigenvalue weighted by molar-refractivity contribution is 9.10. The zero-order valence-corrected chi connectivity index (χ0v) is 17.9. The zero-order chi connectivity index (χ0) is 18.0. The molecule has 5 heteroatoms. The van der Waals surface area contributed by atoms with Crippen molar-refractivity contribution in [3.8, 4) is 5.75 Å². The maximum atomic E-state index is 6.17. The molecule has 0 fully saturated rings. The van der Waals surface area contributed by atoms with Gasteiger partial charge in [-0.25, -0.2) is 0 Å². The molecule has 3 nitrogen and oxygen atoms in total. The van der Waals surface area contributed by atoms with Gasteiger partial charge in [0.2, 0.25) is 0 Å². The highest BCUT2D eigenvalue weighted by Crippen LogP contribution is 2.35. The van der Waals surface area contributed by atoms with Crippen molar-refractivity contribution in [3.05, 3.63) is 62.7 Å². The first-order valence-electron chi connectivity index (χ1n) is 8.26. The molecule has 0 radical (unpaired) electrons. The SMILES string of the molecule is Cc1c(OCCN(C)C)c2cc(Br)ccc2n1Cc1ccccc1Br. The van der Waals surface area contributed by atoms with Crippen molar-refractivity contribution in [3.63, 3.8) is 0 Å². The van der Waals surface area contributed by atoms with Gasteiger partial charge in [0.15, 0.2) is 0 Å². The summed E-state index contributed by atoms with van der Waals surface area (Å²) in [6.07, 6.45) is 0. The molecular formula is C20H22Br2N2O. The van der Waals surface area contributed by atoms with Crippen LogP contribution in [0.15, 0.2) is 51.4 Å². The number of benzene rings is 2. The summed E-state index contributed by atoms with van der Waals surface area (Å²) in [5.74, 6) is 0.977. The Morgan fingerprint density at radius 3 is 2.56 bits per heavy atom. The second kappa shape index (κ2) is 7.94. The van der Waals surface area contributed by atoms with Crippen molar-refractivity contribution in [2.24, 2.45) is 0 Å². The van der Waals surface area contributed by atoms with Crippen LogP contribution in [0.3, 0.4) is 0 Å². The molecule has 0 spiro atoms. The average Bonchev–Trinajstić information content (AvgIpc) is 2.81. The third-order valence-electron chi connectivity index (χ3n) is 4.30. The first-order chi connectivity index (χ1) is 12.0. The predicted molar refractivity (Wildman–Crippen MR) is 112 cm³/mol. The first kappa shape index (κ1) is 18.5. The van der Waals surface area contributed by atoms with Crippen molar-refractivity contribution < 1.29 is 4.74 Å². The summed E-state index contributed by atoms with van der Waals surface area (Å²) in [6.45, 7) is 4.51. The third kappa shape index (κ3) is 4.10. The smallest absolute Gasteiger partial charge is 0.147 e. The molecule has 0 aliphatic carbocycles. The van der Waals surface area contributed by atoms with E-state index in [1.807, 2.05) is 6.07 Å². The van der Waals surface area contributed by atoms with Crippen LogP contribution in [0.2, 0.25) is 0 Å². The molecule has 0 atom stereocenters. The fraction of sp³-hybridized carbons (Fsp3) is 0.300. The second-order valence-electron chi connectivity index (χ2n) is 6.41. The van der Waals surface area contributed by atoms with Gasteiger partial charge in [-0.15, -0.1) is 0 Å². The maximum Gasteiger partial charge on any atom is 0.147 e. The Morgan fingerprint density at radius 2 is 1.84 bits per heavy atom. The fourth-order valence-electron chi connectivity index (χ4n) is 2.94. The molecule has 0 bridgehead atoms. The van der Waals surface area contributed by atoms with Crippen molar-refractivity contribution in [2.45, 2.75) is 13.5 Å². The molecule has 0 saturated heterocycles. The maximum absolute atomic E-state index is 6.17. The molecule has 0 N–H and O–H groups in total. The van der Waals surface area contributed by atoms with Crippen LogP contribution in [0.5, 0.6) is 5.75 Å². The average molecular weight is 466 g/mol. The Kier molecular flexibility index (Phi) is 5.87. The first-order valence-corrected chi connectivity index (χ1v) is 9.85. The molecule has 1 heterocycles. The molecule has 0 unspecified atom stereocenters. The van der Waals surface area contributed by atoms with Gasteiger partial charge in [0.25, 0.3) is 0 Å². The predicted octanol–water partition coefficient (Wildman–Crippen LogP) is 5.46. The molecule has 3 aromatic rings. The summed E-state index contributed by atoms with van der Waals surface area (Å²) in [5.41, 5.74) is 3.60. The standard InChI is InChI=1S/C20H22Br2N2O/c1-14-20(25-11-10-23(2)3)17-12-16(21)8-9-19(17)24(14)13-15-6-4-5-7-18(15)22/h4-9,12H,10-11,13H2,1-3H3. The largest absolute Gasteiger partial charge is 0.490 e. The number of aromatic nitrogens is 1. The zero-order valence-electron chi connectivity index (χ0n) is 14.7. The molecule has 1 aromatic heterocycles. The molecule has 0 amide bonds. The lowest BCUT2D eigenvalue weighted by Crippen LogP contribution is -2.19. The summed E-state index contributed by atoms with van der Waals surface area (Å²) in [7, 11) is 4.12. The highest BCUT2D eigenvalue weighted by Gasteiger charge is 2.16. The minimum absolute atomic E-state index is 0.675. The molecule has 3 rings (SSSR count). The van der Waals surface area contributed by atoms with E-state index in [4.69, 9.17) is 4.74 Å². The number of nitrogens with zero attached hydrogens (tertiary/aromatic N) is 2. The van der Waals surface area contributed by atoms with E-state index in [0.29, 0.717) is 6.61 Å². The summed E-state index contributed by atoms with van der Waals surface area (Å²) in [4.78, 5) is 2.13. The van der Waals surface area contributed by atoms with E-state index in [0.717, 1.165) is 38.9 Å². The van der Waals surface area contributed by atoms with Crippen molar-refractivity contribution >= 4 is 42.8 Å². The normalized spacial score (nSPS) is 11.4. The Labute approximate surface area is 165 Å². The van der Waals surface area contributed by atoms with Crippen molar-refractivity contribution in [1.82, 2.24) is 9.47 Å². The number of hydrogen-bond acceptors (Lipinski definition) is 2. The molecule has 0 aliphatic heterocycles. The van der Waals surface area contributed by atoms with E-state index in [2.05, 4.69) is 98.7 Å². The second-order valence-corrected chi connectivity index (χ2v) is 8.18. The highest BCUT2D eigenvalue weighted by atomic mass is 79.9. The van der Waals surface area contributed by atoms with Crippen LogP contribution >= 0.6 is 31.9 Å². The Hall–Kier alpha value is -1.30. The molecule has 132 valence electrons. The van der Waals surface area contributed by atoms with Crippen LogP contribution in [0.1, 0.15) is 11.3 Å². The molecule has 0 aliphatic rings. The molecule has 2 aromatic carbocycles. The van der Waals surface area contributed by atoms with Gasteiger partial charge in [-0.3, -0.25) is 0 Å². The Balaban J connectivity index is 2.03. The number of likely N-dealkylation sites (N-methyl/N-ethyl adjacent to an activating group) is 1. The van der Waals surface area contributed by atoms with E-state index < -0.39 is 0 Å². The van der Waals surface area contributed by atoms with E-state index >= 15 is 0 Å². The van der Waals surface area contributed by atoms with Crippen LogP contribution in [0.4, 0.5) is 0 Å². The summed E-state index contributed by atoms with van der Waals surface area (Å²) < 4.78 is 10.7. The molecule has 0 saturated carbocycles. The summed E-state index contributed by atoms with van der Waals surface area (Å²) in [6, 6.07) is 14.7. The van der Waals surface area contributed by atoms with Crippen LogP contribution in [-0.4, -0.2) is 36.7 Å². The van der Waals surface area contributed by atoms with Crippen LogP contribution < -0.4 is 4.74 Å². The van der Waals surface area contributed by atoms with Crippen molar-refractivity contribution in [1.29, 1.82) is 0 Å². The minimum atomic E-state index is 0.675. The lowest BCUT2D eigenvalue weighted by molar-refractivity contribution is 0.262. The molecular weight excluding hydrogens is 444 g/mol. The van der Waals surface area contributed by atoms with Crippen molar-refractivity contribution in [2.75, 3.05) is 27.2 Å². The van der Waals surface area contributed by atoms with Crippen LogP contribution in [0.25, 0.3) is 10.9 Å². The van der Waals surface area contributed by atoms with Gasteiger partial charge >= 0.3 is 0 Å². The number of ether oxygens (including phenoxy) is 1. The van der Waals surface area contributed by atoms with Gasteiger partial charge in [-0.1, -0.05) is 50.1 Å². The molecule has 25 heavy (non-hydrogen) atoms. The number of halogens is 2. The lowest BCUT2D eigenvalue weighted by atomic mass is 10.2. The lowest BCUT2D eigenvalue weighted by Gasteiger charge is -2.12. The summed E-state index contributed by atoms with van der Waals surface area (Å²) >= 11 is 7.25. The monoisotopic (exact) mass is 464 g/mol. The van der Waals surface area contributed by atoms with Crippen LogP contribution in [0, 0.1) is 6.92 Å². The fourth-order valence-corrected chi connectivity index (χ4v) is 3.71. The van der Waals surface area contributed by atoms with Gasteiger partial charge in [0.05, 0.1) is 11.2 Å². The Bertz CT molecular complexity index is 887. The van der Waals surface area contributed by atoms with Gasteiger partial charge < -0.3 is 14.2 Å². The van der Waals surface area contributed by atoms with Gasteiger partial charge in [-0.2, -0.15) is 0 Å². The van der Waals surface area contributed by atoms with Gasteiger partial charge in [0, 0.05) is 27.4 Å². The van der Waals surface area contributed by atoms with E-state index in [1.54, 1.807) is 0 Å².